The van der Waals surface area contributed by atoms with Crippen molar-refractivity contribution in [3.63, 3.8) is 0 Å². The van der Waals surface area contributed by atoms with Crippen molar-refractivity contribution in [3.8, 4) is 0 Å². The van der Waals surface area contributed by atoms with E-state index in [1.807, 2.05) is 4.90 Å². The van der Waals surface area contributed by atoms with Gasteiger partial charge in [0, 0.05) is 32.4 Å². The normalized spacial score (nSPS) is 20.0. The lowest BCUT2D eigenvalue weighted by atomic mass is 10.2. The zero-order chi connectivity index (χ0) is 13.8. The quantitative estimate of drug-likeness (QED) is 0.828. The van der Waals surface area contributed by atoms with Crippen LogP contribution in [0.3, 0.4) is 0 Å². The molecule has 2 aliphatic heterocycles. The molecule has 2 aliphatic rings. The second-order valence-electron chi connectivity index (χ2n) is 5.64. The molecule has 3 heterocycles. The van der Waals surface area contributed by atoms with Gasteiger partial charge in [0.15, 0.2) is 0 Å². The van der Waals surface area contributed by atoms with Gasteiger partial charge in [-0.25, -0.2) is 9.97 Å². The molecule has 5 heteroatoms. The standard InChI is InChI=1S/C15H22N4O/c20-14(18-9-5-6-10-18)13-7-8-16-15(17-13)19-11-3-1-2-4-12-19/h7-8H,1-6,9-12H2. The van der Waals surface area contributed by atoms with Crippen molar-refractivity contribution >= 4 is 11.9 Å². The predicted molar refractivity (Wildman–Crippen MR) is 77.9 cm³/mol. The van der Waals surface area contributed by atoms with Crippen molar-refractivity contribution in [2.75, 3.05) is 31.1 Å². The molecule has 0 N–H and O–H groups in total. The van der Waals surface area contributed by atoms with Gasteiger partial charge >= 0.3 is 0 Å². The van der Waals surface area contributed by atoms with Crippen molar-refractivity contribution in [1.29, 1.82) is 0 Å². The van der Waals surface area contributed by atoms with Crippen molar-refractivity contribution in [2.45, 2.75) is 38.5 Å². The number of likely N-dealkylation sites (tertiary alicyclic amines) is 1. The molecular formula is C15H22N4O. The van der Waals surface area contributed by atoms with Crippen LogP contribution >= 0.6 is 0 Å². The van der Waals surface area contributed by atoms with Crippen molar-refractivity contribution in [2.24, 2.45) is 0 Å². The molecule has 2 saturated heterocycles. The average Bonchev–Trinajstić information content (AvgIpc) is 2.89. The maximum Gasteiger partial charge on any atom is 0.272 e. The zero-order valence-corrected chi connectivity index (χ0v) is 11.9. The van der Waals surface area contributed by atoms with E-state index in [9.17, 15) is 4.79 Å². The molecule has 0 atom stereocenters. The Morgan fingerprint density at radius 2 is 1.60 bits per heavy atom. The number of aromatic nitrogens is 2. The molecule has 0 saturated carbocycles. The number of carbonyl (C=O) groups is 1. The Kier molecular flexibility index (Phi) is 4.14. The fraction of sp³-hybridized carbons (Fsp3) is 0.667. The van der Waals surface area contributed by atoms with Crippen LogP contribution < -0.4 is 4.90 Å². The van der Waals surface area contributed by atoms with Crippen LogP contribution in [-0.4, -0.2) is 47.0 Å². The van der Waals surface area contributed by atoms with Crippen LogP contribution in [0.15, 0.2) is 12.3 Å². The summed E-state index contributed by atoms with van der Waals surface area (Å²) in [6.07, 6.45) is 8.87. The highest BCUT2D eigenvalue weighted by molar-refractivity contribution is 5.92. The fourth-order valence-corrected chi connectivity index (χ4v) is 2.97. The summed E-state index contributed by atoms with van der Waals surface area (Å²) in [5, 5.41) is 0. The Hall–Kier alpha value is -1.65. The lowest BCUT2D eigenvalue weighted by Gasteiger charge is -2.21. The van der Waals surface area contributed by atoms with Crippen LogP contribution in [0.1, 0.15) is 49.0 Å². The molecule has 1 aromatic heterocycles. The zero-order valence-electron chi connectivity index (χ0n) is 11.9. The van der Waals surface area contributed by atoms with Gasteiger partial charge in [0.2, 0.25) is 5.95 Å². The number of nitrogens with zero attached hydrogens (tertiary/aromatic N) is 4. The molecule has 5 nitrogen and oxygen atoms in total. The number of hydrogen-bond donors (Lipinski definition) is 0. The summed E-state index contributed by atoms with van der Waals surface area (Å²) in [6, 6.07) is 1.74. The highest BCUT2D eigenvalue weighted by Gasteiger charge is 2.22. The van der Waals surface area contributed by atoms with E-state index < -0.39 is 0 Å². The Morgan fingerprint density at radius 3 is 2.30 bits per heavy atom. The molecule has 1 amide bonds. The Labute approximate surface area is 120 Å². The number of rotatable bonds is 2. The smallest absolute Gasteiger partial charge is 0.272 e. The summed E-state index contributed by atoms with van der Waals surface area (Å²) in [5.41, 5.74) is 0.543. The van der Waals surface area contributed by atoms with Crippen LogP contribution in [0, 0.1) is 0 Å². The molecule has 108 valence electrons. The van der Waals surface area contributed by atoms with E-state index in [-0.39, 0.29) is 5.91 Å². The first-order valence-corrected chi connectivity index (χ1v) is 7.72. The van der Waals surface area contributed by atoms with E-state index in [1.54, 1.807) is 12.3 Å². The Bertz CT molecular complexity index is 463. The molecule has 1 aromatic rings. The lowest BCUT2D eigenvalue weighted by molar-refractivity contribution is 0.0787. The van der Waals surface area contributed by atoms with E-state index in [1.165, 1.54) is 25.7 Å². The monoisotopic (exact) mass is 274 g/mol. The van der Waals surface area contributed by atoms with Crippen molar-refractivity contribution < 1.29 is 4.79 Å². The van der Waals surface area contributed by atoms with Gasteiger partial charge in [-0.1, -0.05) is 12.8 Å². The first-order chi connectivity index (χ1) is 9.84. The van der Waals surface area contributed by atoms with Crippen molar-refractivity contribution in [1.82, 2.24) is 14.9 Å². The minimum Gasteiger partial charge on any atom is -0.341 e. The van der Waals surface area contributed by atoms with Gasteiger partial charge in [-0.05, 0) is 31.7 Å². The van der Waals surface area contributed by atoms with Crippen LogP contribution in [0.2, 0.25) is 0 Å². The molecule has 0 radical (unpaired) electrons. The number of hydrogen-bond acceptors (Lipinski definition) is 4. The molecule has 0 spiro atoms. The molecule has 0 aliphatic carbocycles. The fourth-order valence-electron chi connectivity index (χ4n) is 2.97. The molecule has 3 rings (SSSR count). The van der Waals surface area contributed by atoms with E-state index in [0.717, 1.165) is 45.0 Å². The summed E-state index contributed by atoms with van der Waals surface area (Å²) in [6.45, 7) is 3.73. The predicted octanol–water partition coefficient (Wildman–Crippen LogP) is 2.09. The summed E-state index contributed by atoms with van der Waals surface area (Å²) in [5.74, 6) is 0.776. The molecule has 2 fully saturated rings. The minimum atomic E-state index is 0.0565. The van der Waals surface area contributed by atoms with Gasteiger partial charge in [0.05, 0.1) is 0 Å². The summed E-state index contributed by atoms with van der Waals surface area (Å²) in [4.78, 5) is 25.3. The number of anilines is 1. The third kappa shape index (κ3) is 2.92. The summed E-state index contributed by atoms with van der Waals surface area (Å²) in [7, 11) is 0. The van der Waals surface area contributed by atoms with Gasteiger partial charge in [0.25, 0.3) is 5.91 Å². The maximum atomic E-state index is 12.4. The van der Waals surface area contributed by atoms with E-state index in [2.05, 4.69) is 14.9 Å². The highest BCUT2D eigenvalue weighted by atomic mass is 16.2. The number of amides is 1. The van der Waals surface area contributed by atoms with Gasteiger partial charge in [-0.2, -0.15) is 0 Å². The topological polar surface area (TPSA) is 49.3 Å². The largest absolute Gasteiger partial charge is 0.341 e. The second kappa shape index (κ2) is 6.20. The van der Waals surface area contributed by atoms with Crippen LogP contribution in [-0.2, 0) is 0 Å². The van der Waals surface area contributed by atoms with Crippen LogP contribution in [0.25, 0.3) is 0 Å². The molecule has 20 heavy (non-hydrogen) atoms. The van der Waals surface area contributed by atoms with Gasteiger partial charge < -0.3 is 9.80 Å². The SMILES string of the molecule is O=C(c1ccnc(N2CCCCCC2)n1)N1CCCC1. The van der Waals surface area contributed by atoms with E-state index in [4.69, 9.17) is 0 Å². The Morgan fingerprint density at radius 1 is 0.950 bits per heavy atom. The summed E-state index contributed by atoms with van der Waals surface area (Å²) < 4.78 is 0. The second-order valence-corrected chi connectivity index (χ2v) is 5.64. The first-order valence-electron chi connectivity index (χ1n) is 7.72. The van der Waals surface area contributed by atoms with Gasteiger partial charge in [-0.3, -0.25) is 4.79 Å². The third-order valence-corrected chi connectivity index (χ3v) is 4.14. The minimum absolute atomic E-state index is 0.0565. The summed E-state index contributed by atoms with van der Waals surface area (Å²) >= 11 is 0. The van der Waals surface area contributed by atoms with Gasteiger partial charge in [0.1, 0.15) is 5.69 Å². The number of carbonyl (C=O) groups excluding carboxylic acids is 1. The average molecular weight is 274 g/mol. The molecule has 0 aromatic carbocycles. The van der Waals surface area contributed by atoms with E-state index in [0.29, 0.717) is 5.69 Å². The highest BCUT2D eigenvalue weighted by Crippen LogP contribution is 2.17. The van der Waals surface area contributed by atoms with Crippen molar-refractivity contribution in [3.05, 3.63) is 18.0 Å². The molecule has 0 unspecified atom stereocenters. The molecule has 0 bridgehead atoms. The van der Waals surface area contributed by atoms with E-state index >= 15 is 0 Å². The Balaban J connectivity index is 1.76. The van der Waals surface area contributed by atoms with Gasteiger partial charge in [-0.15, -0.1) is 0 Å². The molecular weight excluding hydrogens is 252 g/mol. The lowest BCUT2D eigenvalue weighted by Crippen LogP contribution is -2.30. The first kappa shape index (κ1) is 13.3. The van der Waals surface area contributed by atoms with Crippen LogP contribution in [0.5, 0.6) is 0 Å². The maximum absolute atomic E-state index is 12.4. The third-order valence-electron chi connectivity index (χ3n) is 4.14. The van der Waals surface area contributed by atoms with Crippen LogP contribution in [0.4, 0.5) is 5.95 Å².